The molecule has 4 aromatic rings. The monoisotopic (exact) mass is 1030 g/mol. The van der Waals surface area contributed by atoms with E-state index in [1.807, 2.05) is 13.0 Å². The van der Waals surface area contributed by atoms with Gasteiger partial charge in [-0.1, -0.05) is 17.3 Å². The SMILES string of the molecule is Cc1cnc(N2CC3COCC(C2)C3Oc2ncnc(NC3=CC=C(S(=O)(=O)CC4CC4C(C)OC(=O)N4CC5COCC(C4)C5Oc4ncnc(Nc5ccc(C#N)cc5Cl)c4F)C=C=C3F)c2F)nc1. The zero-order valence-corrected chi connectivity index (χ0v) is 40.3. The third-order valence-corrected chi connectivity index (χ3v) is 15.7. The van der Waals surface area contributed by atoms with Crippen molar-refractivity contribution in [3.63, 3.8) is 0 Å². The Morgan fingerprint density at radius 3 is 2.08 bits per heavy atom. The molecular weight excluding hydrogens is 983 g/mol. The van der Waals surface area contributed by atoms with Gasteiger partial charge in [-0.25, -0.2) is 33.1 Å². The molecule has 7 heterocycles. The highest BCUT2D eigenvalue weighted by molar-refractivity contribution is 7.95. The Hall–Kier alpha value is -6.83. The van der Waals surface area contributed by atoms with Crippen LogP contribution < -0.4 is 25.0 Å². The number of nitrogens with zero attached hydrogens (tertiary/aromatic N) is 9. The fraction of sp³-hybridized carbons (Fsp3) is 0.438. The molecule has 19 nitrogen and oxygen atoms in total. The van der Waals surface area contributed by atoms with Crippen molar-refractivity contribution < 1.29 is 50.1 Å². The van der Waals surface area contributed by atoms with E-state index in [-0.39, 0.29) is 107 Å². The third-order valence-electron chi connectivity index (χ3n) is 13.6. The Balaban J connectivity index is 0.723. The van der Waals surface area contributed by atoms with E-state index in [4.69, 9.17) is 40.5 Å². The molecule has 376 valence electrons. The summed E-state index contributed by atoms with van der Waals surface area (Å²) in [7, 11) is -4.00. The summed E-state index contributed by atoms with van der Waals surface area (Å²) in [5, 5.41) is 14.8. The van der Waals surface area contributed by atoms with Crippen LogP contribution in [0.2, 0.25) is 5.02 Å². The van der Waals surface area contributed by atoms with Gasteiger partial charge in [-0.3, -0.25) is 0 Å². The Bertz CT molecular complexity index is 3020. The van der Waals surface area contributed by atoms with Crippen molar-refractivity contribution in [1.29, 1.82) is 5.26 Å². The summed E-state index contributed by atoms with van der Waals surface area (Å²) in [4.78, 5) is 41.9. The molecule has 4 saturated heterocycles. The van der Waals surface area contributed by atoms with Crippen LogP contribution in [0.4, 0.5) is 41.2 Å². The molecule has 3 aromatic heterocycles. The van der Waals surface area contributed by atoms with Crippen LogP contribution in [0.1, 0.15) is 24.5 Å². The van der Waals surface area contributed by atoms with Gasteiger partial charge in [0.05, 0.1) is 65.1 Å². The lowest BCUT2D eigenvalue weighted by Gasteiger charge is -2.46. The molecule has 7 unspecified atom stereocenters. The molecular formula is C48H47ClF3N11O8S. The molecule has 2 N–H and O–H groups in total. The number of aryl methyl sites for hydroxylation is 1. The second-order valence-electron chi connectivity index (χ2n) is 18.7. The van der Waals surface area contributed by atoms with Crippen LogP contribution in [-0.2, 0) is 24.0 Å². The smallest absolute Gasteiger partial charge is 0.410 e. The Morgan fingerprint density at radius 2 is 1.49 bits per heavy atom. The van der Waals surface area contributed by atoms with Crippen molar-refractivity contribution in [3.8, 4) is 17.8 Å². The number of halogens is 4. The largest absolute Gasteiger partial charge is 0.471 e. The first-order valence-electron chi connectivity index (χ1n) is 23.2. The van der Waals surface area contributed by atoms with E-state index < -0.39 is 51.7 Å². The van der Waals surface area contributed by atoms with Crippen LogP contribution in [0.15, 0.2) is 83.6 Å². The second kappa shape index (κ2) is 20.4. The Kier molecular flexibility index (Phi) is 13.8. The number of likely N-dealkylation sites (tertiary alicyclic amines) is 1. The number of aromatic nitrogens is 6. The van der Waals surface area contributed by atoms with Crippen LogP contribution in [0.3, 0.4) is 0 Å². The average molecular weight is 1030 g/mol. The molecule has 5 fully saturated rings. The maximum absolute atomic E-state index is 16.0. The highest BCUT2D eigenvalue weighted by Gasteiger charge is 2.48. The number of benzene rings is 1. The van der Waals surface area contributed by atoms with Crippen molar-refractivity contribution in [2.75, 3.05) is 73.9 Å². The maximum atomic E-state index is 16.0. The van der Waals surface area contributed by atoms with E-state index in [0.29, 0.717) is 49.9 Å². The number of carbonyl (C=O) groups is 1. The van der Waals surface area contributed by atoms with Crippen molar-refractivity contribution >= 4 is 50.8 Å². The molecule has 1 amide bonds. The Labute approximate surface area is 416 Å². The first-order chi connectivity index (χ1) is 34.7. The maximum Gasteiger partial charge on any atom is 0.410 e. The fourth-order valence-electron chi connectivity index (χ4n) is 9.82. The standard InChI is InChI=1S/C48H47ClF3N11O8S/c1-25-12-54-47(55-13-25)62-14-29-18-67-19-30(15-62)41(29)70-46-40(52)44(57-24-59-46)61-38-8-5-33(4-6-36(38)50)72(65,66)22-28-10-34(28)26(2)69-48(64)63-16-31-20-68-21-32(17-63)42(31)71-45-39(51)43(56-23-58-45)60-37-7-3-27(11-53)9-35(37)49/h3-5,7-9,12-13,23-24,26,28-32,34,41-42H,10,14-22H2,1-2H3,(H,56,58,60)(H,57,59,61). The highest BCUT2D eigenvalue weighted by atomic mass is 35.5. The van der Waals surface area contributed by atoms with E-state index in [1.54, 1.807) is 24.2 Å². The summed E-state index contributed by atoms with van der Waals surface area (Å²) in [6.07, 6.45) is 7.38. The van der Waals surface area contributed by atoms with Crippen LogP contribution in [0.25, 0.3) is 0 Å². The summed E-state index contributed by atoms with van der Waals surface area (Å²) in [6.45, 7) is 6.22. The summed E-state index contributed by atoms with van der Waals surface area (Å²) in [5.41, 5.74) is 3.66. The first kappa shape index (κ1) is 48.8. The summed E-state index contributed by atoms with van der Waals surface area (Å²) >= 11 is 6.27. The number of allylic oxidation sites excluding steroid dienone is 4. The van der Waals surface area contributed by atoms with Gasteiger partial charge in [-0.2, -0.15) is 28.4 Å². The van der Waals surface area contributed by atoms with Gasteiger partial charge in [0, 0.05) is 68.3 Å². The lowest BCUT2D eigenvalue weighted by molar-refractivity contribution is -0.112. The number of hydrogen-bond acceptors (Lipinski definition) is 18. The van der Waals surface area contributed by atoms with Crippen LogP contribution in [-0.4, -0.2) is 126 Å². The van der Waals surface area contributed by atoms with Crippen LogP contribution in [0.5, 0.6) is 11.8 Å². The van der Waals surface area contributed by atoms with Gasteiger partial charge in [-0.15, -0.1) is 0 Å². The molecule has 1 saturated carbocycles. The molecule has 4 bridgehead atoms. The van der Waals surface area contributed by atoms with Crippen molar-refractivity contribution in [1.82, 2.24) is 34.8 Å². The number of fused-ring (bicyclic) bond motifs is 4. The molecule has 7 atom stereocenters. The van der Waals surface area contributed by atoms with Crippen molar-refractivity contribution in [3.05, 3.63) is 111 Å². The Morgan fingerprint density at radius 1 is 0.889 bits per heavy atom. The molecule has 0 radical (unpaired) electrons. The zero-order valence-electron chi connectivity index (χ0n) is 38.8. The first-order valence-corrected chi connectivity index (χ1v) is 25.2. The van der Waals surface area contributed by atoms with Gasteiger partial charge in [0.15, 0.2) is 27.3 Å². The number of sulfone groups is 1. The highest BCUT2D eigenvalue weighted by Crippen LogP contribution is 2.45. The van der Waals surface area contributed by atoms with E-state index in [1.165, 1.54) is 30.4 Å². The number of nitrogens with one attached hydrogen (secondary N) is 2. The number of piperidine rings is 2. The summed E-state index contributed by atoms with van der Waals surface area (Å²) in [5.74, 6) is -5.34. The third kappa shape index (κ3) is 10.4. The molecule has 0 spiro atoms. The lowest BCUT2D eigenvalue weighted by Crippen LogP contribution is -2.59. The minimum Gasteiger partial charge on any atom is -0.471 e. The van der Waals surface area contributed by atoms with Gasteiger partial charge in [0.25, 0.3) is 11.8 Å². The molecule has 10 rings (SSSR count). The van der Waals surface area contributed by atoms with Gasteiger partial charge >= 0.3 is 6.09 Å². The van der Waals surface area contributed by atoms with Crippen molar-refractivity contribution in [2.45, 2.75) is 38.6 Å². The molecule has 4 aliphatic heterocycles. The number of carbonyl (C=O) groups excluding carboxylic acids is 1. The molecule has 1 aromatic carbocycles. The van der Waals surface area contributed by atoms with E-state index in [9.17, 15) is 13.2 Å². The minimum atomic E-state index is -4.00. The molecule has 6 aliphatic rings. The van der Waals surface area contributed by atoms with E-state index in [0.717, 1.165) is 24.3 Å². The number of amides is 1. The van der Waals surface area contributed by atoms with Crippen molar-refractivity contribution in [2.24, 2.45) is 35.5 Å². The normalized spacial score (nSPS) is 25.9. The average Bonchev–Trinajstić information content (AvgIpc) is 4.15. The number of nitriles is 1. The molecule has 2 aliphatic carbocycles. The quantitative estimate of drug-likeness (QED) is 0.133. The predicted molar refractivity (Wildman–Crippen MR) is 252 cm³/mol. The number of anilines is 4. The van der Waals surface area contributed by atoms with Crippen LogP contribution >= 0.6 is 11.6 Å². The zero-order chi connectivity index (χ0) is 50.3. The van der Waals surface area contributed by atoms with Gasteiger partial charge < -0.3 is 44.1 Å². The lowest BCUT2D eigenvalue weighted by atomic mass is 9.84. The van der Waals surface area contributed by atoms with Gasteiger partial charge in [-0.05, 0) is 68.0 Å². The molecule has 72 heavy (non-hydrogen) atoms. The van der Waals surface area contributed by atoms with Crippen LogP contribution in [0, 0.1) is 65.4 Å². The molecule has 24 heteroatoms. The van der Waals surface area contributed by atoms with E-state index >= 15 is 13.2 Å². The fourth-order valence-corrected chi connectivity index (χ4v) is 11.7. The van der Waals surface area contributed by atoms with Gasteiger partial charge in [0.2, 0.25) is 17.6 Å². The topological polar surface area (TPSA) is 229 Å². The second-order valence-corrected chi connectivity index (χ2v) is 21.1. The summed E-state index contributed by atoms with van der Waals surface area (Å²) in [6, 6.07) is 6.48. The minimum absolute atomic E-state index is 0.152. The predicted octanol–water partition coefficient (Wildman–Crippen LogP) is 6.25. The number of ether oxygens (including phenoxy) is 5. The summed E-state index contributed by atoms with van der Waals surface area (Å²) < 4.78 is 104. The number of hydrogen-bond donors (Lipinski definition) is 2. The van der Waals surface area contributed by atoms with E-state index in [2.05, 4.69) is 51.2 Å². The number of rotatable bonds is 14. The van der Waals surface area contributed by atoms with Gasteiger partial charge in [0.1, 0.15) is 31.0 Å².